The molecule has 1 aromatic rings. The molecule has 0 aromatic heterocycles. The molecule has 0 spiro atoms. The minimum Gasteiger partial charge on any atom is -0.492 e. The first-order chi connectivity index (χ1) is 14.7. The van der Waals surface area contributed by atoms with E-state index in [0.717, 1.165) is 42.1 Å². The van der Waals surface area contributed by atoms with Crippen LogP contribution in [0, 0.1) is 0 Å². The molecular weight excluding hydrogens is 402 g/mol. The van der Waals surface area contributed by atoms with Crippen molar-refractivity contribution in [1.82, 2.24) is 16.0 Å². The fourth-order valence-electron chi connectivity index (χ4n) is 2.55. The minimum absolute atomic E-state index is 0.0372. The van der Waals surface area contributed by atoms with Crippen molar-refractivity contribution in [2.45, 2.75) is 25.7 Å². The summed E-state index contributed by atoms with van der Waals surface area (Å²) in [7, 11) is 1.74. The van der Waals surface area contributed by atoms with Gasteiger partial charge in [0.15, 0.2) is 0 Å². The van der Waals surface area contributed by atoms with Crippen LogP contribution in [0.5, 0.6) is 5.75 Å². The Morgan fingerprint density at radius 3 is 2.63 bits per heavy atom. The summed E-state index contributed by atoms with van der Waals surface area (Å²) in [5.74, 6) is 2.67. The molecule has 2 amide bonds. The number of ether oxygens (including phenoxy) is 1. The maximum Gasteiger partial charge on any atom is 0.234 e. The smallest absolute Gasteiger partial charge is 0.234 e. The number of nitrogens with one attached hydrogen (secondary N) is 3. The van der Waals surface area contributed by atoms with Crippen LogP contribution in [0.3, 0.4) is 0 Å². The lowest BCUT2D eigenvalue weighted by molar-refractivity contribution is -0.122. The van der Waals surface area contributed by atoms with Crippen LogP contribution >= 0.6 is 11.8 Å². The van der Waals surface area contributed by atoms with Gasteiger partial charge in [-0.1, -0.05) is 36.8 Å². The number of para-hydroxylation sites is 1. The van der Waals surface area contributed by atoms with E-state index >= 15 is 0 Å². The number of rotatable bonds is 17. The largest absolute Gasteiger partial charge is 0.492 e. The van der Waals surface area contributed by atoms with E-state index in [1.54, 1.807) is 7.05 Å². The summed E-state index contributed by atoms with van der Waals surface area (Å²) in [6, 6.07) is 7.83. The molecule has 3 N–H and O–H groups in total. The highest BCUT2D eigenvalue weighted by Crippen LogP contribution is 2.20. The molecule has 8 heteroatoms. The van der Waals surface area contributed by atoms with Crippen LogP contribution < -0.4 is 20.7 Å². The van der Waals surface area contributed by atoms with Gasteiger partial charge in [0.2, 0.25) is 11.8 Å². The van der Waals surface area contributed by atoms with Crippen LogP contribution in [-0.4, -0.2) is 62.9 Å². The fourth-order valence-corrected chi connectivity index (χ4v) is 3.37. The molecule has 166 valence electrons. The Morgan fingerprint density at radius 2 is 1.83 bits per heavy atom. The molecule has 0 radical (unpaired) electrons. The Morgan fingerprint density at radius 1 is 1.03 bits per heavy atom. The lowest BCUT2D eigenvalue weighted by atomic mass is 10.2. The molecule has 0 aliphatic carbocycles. The zero-order chi connectivity index (χ0) is 21.9. The van der Waals surface area contributed by atoms with Crippen molar-refractivity contribution in [1.29, 1.82) is 0 Å². The first kappa shape index (κ1) is 25.7. The van der Waals surface area contributed by atoms with Crippen molar-refractivity contribution in [2.24, 2.45) is 0 Å². The molecule has 7 nitrogen and oxygen atoms in total. The van der Waals surface area contributed by atoms with E-state index in [1.807, 2.05) is 48.2 Å². The number of carbonyl (C=O) groups is 3. The topological polar surface area (TPSA) is 96.5 Å². The molecule has 0 saturated heterocycles. The minimum atomic E-state index is -0.0591. The van der Waals surface area contributed by atoms with Crippen molar-refractivity contribution in [3.05, 3.63) is 35.9 Å². The van der Waals surface area contributed by atoms with E-state index in [2.05, 4.69) is 16.0 Å². The van der Waals surface area contributed by atoms with Gasteiger partial charge >= 0.3 is 0 Å². The third kappa shape index (κ3) is 13.0. The predicted octanol–water partition coefficient (Wildman–Crippen LogP) is 2.02. The van der Waals surface area contributed by atoms with Gasteiger partial charge in [0, 0.05) is 24.3 Å². The van der Waals surface area contributed by atoms with Gasteiger partial charge < -0.3 is 25.5 Å². The number of thioether (sulfide) groups is 1. The molecule has 0 heterocycles. The number of hydrogen-bond acceptors (Lipinski definition) is 6. The summed E-state index contributed by atoms with van der Waals surface area (Å²) < 4.78 is 5.90. The molecule has 0 atom stereocenters. The molecule has 0 aliphatic rings. The normalized spacial score (nSPS) is 10.7. The van der Waals surface area contributed by atoms with E-state index in [1.165, 1.54) is 0 Å². The zero-order valence-electron chi connectivity index (χ0n) is 17.7. The molecule has 1 rings (SSSR count). The van der Waals surface area contributed by atoms with Gasteiger partial charge in [-0.2, -0.15) is 11.8 Å². The van der Waals surface area contributed by atoms with Crippen molar-refractivity contribution < 1.29 is 19.1 Å². The van der Waals surface area contributed by atoms with Gasteiger partial charge in [0.25, 0.3) is 0 Å². The van der Waals surface area contributed by atoms with Gasteiger partial charge in [-0.15, -0.1) is 0 Å². The van der Waals surface area contributed by atoms with Gasteiger partial charge in [0.1, 0.15) is 12.0 Å². The standard InChI is InChI=1S/C22H33N3O4S/c1-23-18-22(28)24-12-7-9-19-8-4-5-10-20(19)29-15-17-30-16-6-2-3-11-21(27)25-13-14-26/h4-5,7-10,14,23H,2-3,6,11-13,15-18H2,1H3,(H,24,28)(H,25,27)/b9-7+. The molecule has 30 heavy (non-hydrogen) atoms. The van der Waals surface area contributed by atoms with E-state index in [9.17, 15) is 14.4 Å². The average Bonchev–Trinajstić information content (AvgIpc) is 2.75. The third-order valence-electron chi connectivity index (χ3n) is 4.03. The van der Waals surface area contributed by atoms with Crippen LogP contribution in [0.25, 0.3) is 6.08 Å². The summed E-state index contributed by atoms with van der Waals surface area (Å²) in [4.78, 5) is 32.9. The van der Waals surface area contributed by atoms with Crippen molar-refractivity contribution in [3.8, 4) is 5.75 Å². The molecule has 0 fully saturated rings. The van der Waals surface area contributed by atoms with Crippen LogP contribution in [0.1, 0.15) is 31.2 Å². The summed E-state index contributed by atoms with van der Waals surface area (Å²) in [5, 5.41) is 8.15. The van der Waals surface area contributed by atoms with Crippen molar-refractivity contribution in [2.75, 3.05) is 44.8 Å². The second-order valence-corrected chi connectivity index (χ2v) is 7.74. The third-order valence-corrected chi connectivity index (χ3v) is 5.06. The predicted molar refractivity (Wildman–Crippen MR) is 123 cm³/mol. The van der Waals surface area contributed by atoms with E-state index < -0.39 is 0 Å². The zero-order valence-corrected chi connectivity index (χ0v) is 18.5. The van der Waals surface area contributed by atoms with Crippen LogP contribution in [0.4, 0.5) is 0 Å². The van der Waals surface area contributed by atoms with E-state index in [0.29, 0.717) is 32.4 Å². The van der Waals surface area contributed by atoms with Crippen molar-refractivity contribution in [3.63, 3.8) is 0 Å². The first-order valence-corrected chi connectivity index (χ1v) is 11.4. The van der Waals surface area contributed by atoms with Crippen LogP contribution in [0.15, 0.2) is 30.3 Å². The Hall–Kier alpha value is -2.32. The maximum atomic E-state index is 11.4. The van der Waals surface area contributed by atoms with E-state index in [-0.39, 0.29) is 18.4 Å². The highest BCUT2D eigenvalue weighted by molar-refractivity contribution is 7.99. The number of amides is 2. The summed E-state index contributed by atoms with van der Waals surface area (Å²) >= 11 is 1.84. The Labute approximate surface area is 183 Å². The number of carbonyl (C=O) groups excluding carboxylic acids is 3. The summed E-state index contributed by atoms with van der Waals surface area (Å²) in [5.41, 5.74) is 0.984. The highest BCUT2D eigenvalue weighted by atomic mass is 32.2. The van der Waals surface area contributed by atoms with Gasteiger partial charge in [-0.05, 0) is 31.7 Å². The lowest BCUT2D eigenvalue weighted by Crippen LogP contribution is -2.32. The highest BCUT2D eigenvalue weighted by Gasteiger charge is 2.02. The molecule has 0 saturated carbocycles. The molecule has 0 unspecified atom stereocenters. The average molecular weight is 436 g/mol. The maximum absolute atomic E-state index is 11.4. The Kier molecular flexibility index (Phi) is 15.0. The molecular formula is C22H33N3O4S. The van der Waals surface area contributed by atoms with Gasteiger partial charge in [0.05, 0.1) is 19.7 Å². The number of benzene rings is 1. The number of likely N-dealkylation sites (N-methyl/N-ethyl adjacent to an activating group) is 1. The van der Waals surface area contributed by atoms with Crippen molar-refractivity contribution >= 4 is 35.9 Å². The second kappa shape index (κ2) is 17.5. The Balaban J connectivity index is 2.15. The quantitative estimate of drug-likeness (QED) is 0.256. The number of hydrogen-bond donors (Lipinski definition) is 3. The van der Waals surface area contributed by atoms with Gasteiger partial charge in [-0.25, -0.2) is 0 Å². The fraction of sp³-hybridized carbons (Fsp3) is 0.500. The van der Waals surface area contributed by atoms with E-state index in [4.69, 9.17) is 4.74 Å². The number of unbranched alkanes of at least 4 members (excludes halogenated alkanes) is 2. The monoisotopic (exact) mass is 435 g/mol. The summed E-state index contributed by atoms with van der Waals surface area (Å²) in [6.07, 6.45) is 7.93. The summed E-state index contributed by atoms with van der Waals surface area (Å²) in [6.45, 7) is 1.51. The SMILES string of the molecule is CNCC(=O)NC/C=C/c1ccccc1OCCSCCCCCC(=O)NCC=O. The second-order valence-electron chi connectivity index (χ2n) is 6.52. The number of aldehydes is 1. The molecule has 0 aliphatic heterocycles. The molecule has 1 aromatic carbocycles. The van der Waals surface area contributed by atoms with Crippen LogP contribution in [0.2, 0.25) is 0 Å². The Bertz CT molecular complexity index is 668. The van der Waals surface area contributed by atoms with Gasteiger partial charge in [-0.3, -0.25) is 9.59 Å². The first-order valence-electron chi connectivity index (χ1n) is 10.2. The lowest BCUT2D eigenvalue weighted by Gasteiger charge is -2.09. The molecule has 0 bridgehead atoms. The van der Waals surface area contributed by atoms with Crippen LogP contribution in [-0.2, 0) is 14.4 Å².